The number of phosphoric acid groups is 1. The van der Waals surface area contributed by atoms with Crippen LogP contribution in [0.3, 0.4) is 0 Å². The summed E-state index contributed by atoms with van der Waals surface area (Å²) in [4.78, 5) is 8.59. The van der Waals surface area contributed by atoms with Crippen molar-refractivity contribution in [1.29, 1.82) is 0 Å². The molecule has 0 radical (unpaired) electrons. The zero-order valence-corrected chi connectivity index (χ0v) is 29.2. The average molecular weight is 1090 g/mol. The van der Waals surface area contributed by atoms with Crippen molar-refractivity contribution in [2.75, 3.05) is 0 Å². The van der Waals surface area contributed by atoms with Crippen molar-refractivity contribution in [2.45, 2.75) is 133 Å². The lowest BCUT2D eigenvalue weighted by Crippen LogP contribution is -2.76. The smallest absolute Gasteiger partial charge is 0.302 e. The molecule has 65 heavy (non-hydrogen) atoms. The third-order valence-corrected chi connectivity index (χ3v) is 8.42. The van der Waals surface area contributed by atoms with Crippen molar-refractivity contribution in [3.05, 3.63) is 0 Å². The fourth-order valence-corrected chi connectivity index (χ4v) is 4.58. The lowest BCUT2D eigenvalue weighted by Gasteiger charge is -2.44. The molecule has 0 aliphatic heterocycles. The van der Waals surface area contributed by atoms with Crippen molar-refractivity contribution in [3.8, 4) is 0 Å². The molecule has 0 aromatic carbocycles. The Balaban J connectivity index is 7.24. The second-order valence-corrected chi connectivity index (χ2v) is 13.5. The van der Waals surface area contributed by atoms with E-state index < -0.39 is 141 Å². The maximum absolute atomic E-state index is 14.0. The molecule has 0 aromatic rings. The summed E-state index contributed by atoms with van der Waals surface area (Å²) in [5, 5.41) is 0. The van der Waals surface area contributed by atoms with Crippen LogP contribution in [-0.4, -0.2) is 112 Å². The van der Waals surface area contributed by atoms with Crippen LogP contribution in [-0.2, 0) is 13.6 Å². The molecule has 0 rings (SSSR count). The molecule has 0 aliphatic rings. The Kier molecular flexibility index (Phi) is 15.6. The van der Waals surface area contributed by atoms with Crippen molar-refractivity contribution in [3.63, 3.8) is 0 Å². The van der Waals surface area contributed by atoms with Gasteiger partial charge in [-0.1, -0.05) is 0 Å². The maximum atomic E-state index is 14.0. The highest BCUT2D eigenvalue weighted by Crippen LogP contribution is 2.69. The van der Waals surface area contributed by atoms with E-state index >= 15 is 0 Å². The van der Waals surface area contributed by atoms with Crippen LogP contribution in [0.15, 0.2) is 0 Å². The Morgan fingerprint density at radius 2 is 0.415 bits per heavy atom. The molecule has 392 valence electrons. The Morgan fingerprint density at radius 3 is 0.585 bits per heavy atom. The van der Waals surface area contributed by atoms with Crippen molar-refractivity contribution in [1.82, 2.24) is 0 Å². The predicted molar refractivity (Wildman–Crippen MR) is 122 cm³/mol. The minimum Gasteiger partial charge on any atom is -0.302 e. The van der Waals surface area contributed by atoms with Crippen LogP contribution in [0.25, 0.3) is 0 Å². The van der Waals surface area contributed by atoms with E-state index in [1.54, 1.807) is 0 Å². The van der Waals surface area contributed by atoms with Gasteiger partial charge >= 0.3 is 115 Å². The van der Waals surface area contributed by atoms with E-state index in [9.17, 15) is 171 Å². The van der Waals surface area contributed by atoms with Gasteiger partial charge in [0, 0.05) is 25.7 Å². The van der Waals surface area contributed by atoms with Crippen LogP contribution >= 0.6 is 7.82 Å². The molecule has 0 aromatic heterocycles. The second kappa shape index (κ2) is 16.3. The van der Waals surface area contributed by atoms with Crippen LogP contribution < -0.4 is 0 Å². The van der Waals surface area contributed by atoms with Gasteiger partial charge in [0.05, 0.1) is 0 Å². The first kappa shape index (κ1) is 62.4. The van der Waals surface area contributed by atoms with Crippen LogP contribution in [0.1, 0.15) is 25.7 Å². The SMILES string of the molecule is O=P(O)(OC(F)(F)C(F)(F)C(F)(F)C(F)(F)C(F)(F)C(F)(F)C(F)(F)CCC(F)(F)F)OC(F)(F)C(F)(F)C(F)(F)C(F)(F)C(F)(F)C(F)(F)C(F)(F)C(F)(F)C(F)(F)CCC(F)(F)F. The summed E-state index contributed by atoms with van der Waals surface area (Å²) < 4.78 is 527. The van der Waals surface area contributed by atoms with Gasteiger partial charge in [-0.15, -0.1) is 0 Å². The number of hydrogen-bond acceptors (Lipinski definition) is 3. The number of halogens is 38. The first-order valence-electron chi connectivity index (χ1n) is 14.3. The minimum absolute atomic E-state index is 1.14. The fraction of sp³-hybridized carbons (Fsp3) is 1.00. The molecule has 0 amide bonds. The van der Waals surface area contributed by atoms with Crippen molar-refractivity contribution >= 4 is 7.82 Å². The Morgan fingerprint density at radius 1 is 0.262 bits per heavy atom. The van der Waals surface area contributed by atoms with Gasteiger partial charge in [-0.2, -0.15) is 167 Å². The lowest BCUT2D eigenvalue weighted by atomic mass is 9.86. The quantitative estimate of drug-likeness (QED) is 0.0867. The molecule has 1 atom stereocenters. The summed E-state index contributed by atoms with van der Waals surface area (Å²) in [5.74, 6) is -128. The molecule has 0 spiro atoms. The highest BCUT2D eigenvalue weighted by Gasteiger charge is 2.98. The first-order chi connectivity index (χ1) is 27.3. The standard InChI is InChI=1S/C22H9F38O4P/c23-5(24,1-3-7(27,28)29)9(33,34)11(37,38)13(41,42)15(45,46)16(47,48)18(51,52)20(55,56)22(59,60)64-65(61,62)63-21(57,58)19(53,54)17(49,50)14(43,44)12(39,40)10(35,36)6(25,26)2-4-8(30,31)32/h1-4H2,(H,61,62). The molecule has 0 heterocycles. The average Bonchev–Trinajstić information content (AvgIpc) is 3.03. The Bertz CT molecular complexity index is 1720. The summed E-state index contributed by atoms with van der Waals surface area (Å²) in [6.07, 6.45) is -45.3. The topological polar surface area (TPSA) is 55.8 Å². The van der Waals surface area contributed by atoms with E-state index in [2.05, 4.69) is 0 Å². The summed E-state index contributed by atoms with van der Waals surface area (Å²) in [6, 6.07) is 0. The van der Waals surface area contributed by atoms with E-state index in [-0.39, 0.29) is 0 Å². The maximum Gasteiger partial charge on any atom is 0.482 e. The van der Waals surface area contributed by atoms with Gasteiger partial charge in [-0.3, -0.25) is 0 Å². The Hall–Kier alpha value is -2.55. The van der Waals surface area contributed by atoms with E-state index in [4.69, 9.17) is 4.89 Å². The normalized spacial score (nSPS) is 17.7. The molecular formula is C22H9F38O4P. The van der Waals surface area contributed by atoms with Crippen LogP contribution in [0.4, 0.5) is 167 Å². The first-order valence-corrected chi connectivity index (χ1v) is 15.7. The number of rotatable bonds is 22. The number of alkyl halides is 38. The molecule has 0 aliphatic carbocycles. The monoisotopic (exact) mass is 1090 g/mol. The molecule has 0 saturated carbocycles. The van der Waals surface area contributed by atoms with Crippen LogP contribution in [0, 0.1) is 0 Å². The summed E-state index contributed by atoms with van der Waals surface area (Å²) in [5.41, 5.74) is 0. The molecule has 4 nitrogen and oxygen atoms in total. The molecule has 0 saturated heterocycles. The third kappa shape index (κ3) is 9.72. The number of hydrogen-bond donors (Lipinski definition) is 1. The van der Waals surface area contributed by atoms with Gasteiger partial charge in [-0.25, -0.2) is 13.6 Å². The molecule has 1 N–H and O–H groups in total. The van der Waals surface area contributed by atoms with Crippen LogP contribution in [0.5, 0.6) is 0 Å². The van der Waals surface area contributed by atoms with E-state index in [1.807, 2.05) is 0 Å². The zero-order chi connectivity index (χ0) is 53.7. The van der Waals surface area contributed by atoms with Crippen molar-refractivity contribution < 1.29 is 185 Å². The lowest BCUT2D eigenvalue weighted by molar-refractivity contribution is -0.474. The highest BCUT2D eigenvalue weighted by molar-refractivity contribution is 7.47. The predicted octanol–water partition coefficient (Wildman–Crippen LogP) is 13.9. The molecule has 43 heteroatoms. The van der Waals surface area contributed by atoms with E-state index in [0.717, 1.165) is 4.52 Å². The largest absolute Gasteiger partial charge is 0.482 e. The van der Waals surface area contributed by atoms with Gasteiger partial charge in [0.2, 0.25) is 0 Å². The number of phosphoric ester groups is 1. The third-order valence-electron chi connectivity index (χ3n) is 7.50. The van der Waals surface area contributed by atoms with Gasteiger partial charge in [0.1, 0.15) is 0 Å². The van der Waals surface area contributed by atoms with Gasteiger partial charge in [-0.05, 0) is 0 Å². The fourth-order valence-electron chi connectivity index (χ4n) is 3.74. The van der Waals surface area contributed by atoms with Crippen molar-refractivity contribution in [2.24, 2.45) is 0 Å². The summed E-state index contributed by atoms with van der Waals surface area (Å²) in [6.45, 7) is 0. The summed E-state index contributed by atoms with van der Waals surface area (Å²) >= 11 is 0. The summed E-state index contributed by atoms with van der Waals surface area (Å²) in [7, 11) is -9.55. The zero-order valence-electron chi connectivity index (χ0n) is 28.3. The highest BCUT2D eigenvalue weighted by atomic mass is 31.2. The molecular weight excluding hydrogens is 1080 g/mol. The van der Waals surface area contributed by atoms with E-state index in [0.29, 0.717) is 0 Å². The van der Waals surface area contributed by atoms with Crippen LogP contribution in [0.2, 0.25) is 0 Å². The van der Waals surface area contributed by atoms with E-state index in [1.165, 1.54) is 4.52 Å². The second-order valence-electron chi connectivity index (χ2n) is 12.2. The van der Waals surface area contributed by atoms with Gasteiger partial charge in [0.25, 0.3) is 0 Å². The Labute approximate surface area is 327 Å². The molecule has 0 bridgehead atoms. The molecule has 0 fully saturated rings. The minimum atomic E-state index is -9.87. The van der Waals surface area contributed by atoms with Gasteiger partial charge < -0.3 is 4.89 Å². The van der Waals surface area contributed by atoms with Gasteiger partial charge in [0.15, 0.2) is 0 Å². The molecule has 1 unspecified atom stereocenters.